The molecule has 1 amide bonds. The summed E-state index contributed by atoms with van der Waals surface area (Å²) in [7, 11) is 0. The van der Waals surface area contributed by atoms with Crippen LogP contribution in [0.2, 0.25) is 0 Å². The Balaban J connectivity index is 1.61. The van der Waals surface area contributed by atoms with Crippen LogP contribution in [-0.2, 0) is 0 Å². The second-order valence-corrected chi connectivity index (χ2v) is 5.93. The first-order valence-electron chi connectivity index (χ1n) is 7.27. The van der Waals surface area contributed by atoms with Gasteiger partial charge in [0.05, 0.1) is 6.20 Å². The molecule has 0 unspecified atom stereocenters. The zero-order chi connectivity index (χ0) is 17.2. The Morgan fingerprint density at radius 3 is 2.92 bits per heavy atom. The summed E-state index contributed by atoms with van der Waals surface area (Å²) in [5.74, 6) is -0.492. The highest BCUT2D eigenvalue weighted by Gasteiger charge is 2.15. The van der Waals surface area contributed by atoms with Crippen LogP contribution in [0.25, 0.3) is 21.7 Å². The minimum Gasteiger partial charge on any atom is -0.421 e. The molecule has 0 bridgehead atoms. The fraction of sp³-hybridized carbons (Fsp3) is 0. The molecule has 4 rings (SSSR count). The number of anilines is 1. The predicted molar refractivity (Wildman–Crippen MR) is 93.6 cm³/mol. The van der Waals surface area contributed by atoms with Crippen molar-refractivity contribution in [3.8, 4) is 10.7 Å². The van der Waals surface area contributed by atoms with Crippen molar-refractivity contribution in [2.45, 2.75) is 0 Å². The average molecular weight is 350 g/mol. The van der Waals surface area contributed by atoms with E-state index in [1.54, 1.807) is 48.2 Å². The van der Waals surface area contributed by atoms with Crippen LogP contribution >= 0.6 is 11.3 Å². The number of nitrogens with zero attached hydrogens (tertiary/aromatic N) is 3. The molecule has 0 fully saturated rings. The summed E-state index contributed by atoms with van der Waals surface area (Å²) in [5, 5.41) is 5.44. The summed E-state index contributed by atoms with van der Waals surface area (Å²) in [6.07, 6.45) is 4.68. The Hall–Kier alpha value is -3.39. The lowest BCUT2D eigenvalue weighted by Gasteiger charge is -2.03. The molecule has 0 atom stereocenters. The second-order valence-electron chi connectivity index (χ2n) is 5.07. The molecule has 0 saturated carbocycles. The molecule has 0 aliphatic heterocycles. The highest BCUT2D eigenvalue weighted by molar-refractivity contribution is 7.13. The summed E-state index contributed by atoms with van der Waals surface area (Å²) < 4.78 is 5.20. The third-order valence-electron chi connectivity index (χ3n) is 3.41. The predicted octanol–water partition coefficient (Wildman–Crippen LogP) is 2.96. The minimum absolute atomic E-state index is 0.0674. The Morgan fingerprint density at radius 1 is 1.20 bits per heavy atom. The lowest BCUT2D eigenvalue weighted by atomic mass is 10.2. The maximum atomic E-state index is 12.4. The molecule has 3 aromatic heterocycles. The number of amides is 1. The van der Waals surface area contributed by atoms with Crippen molar-refractivity contribution in [3.63, 3.8) is 0 Å². The number of aromatic nitrogens is 3. The maximum absolute atomic E-state index is 12.4. The quantitative estimate of drug-likeness (QED) is 0.571. The fourth-order valence-electron chi connectivity index (χ4n) is 2.24. The summed E-state index contributed by atoms with van der Waals surface area (Å²) in [6.45, 7) is 0. The molecular formula is C17H10N4O3S. The zero-order valence-corrected chi connectivity index (χ0v) is 13.5. The molecule has 25 heavy (non-hydrogen) atoms. The summed E-state index contributed by atoms with van der Waals surface area (Å²) in [5.41, 5.74) is 0.688. The number of hydrogen-bond acceptors (Lipinski definition) is 7. The normalized spacial score (nSPS) is 10.7. The number of thiazole rings is 1. The molecule has 7 nitrogen and oxygen atoms in total. The van der Waals surface area contributed by atoms with Crippen LogP contribution in [-0.4, -0.2) is 20.9 Å². The summed E-state index contributed by atoms with van der Waals surface area (Å²) >= 11 is 1.27. The minimum atomic E-state index is -0.614. The third kappa shape index (κ3) is 3.02. The molecule has 1 N–H and O–H groups in total. The molecule has 0 spiro atoms. The Kier molecular flexibility index (Phi) is 3.79. The van der Waals surface area contributed by atoms with Gasteiger partial charge in [-0.1, -0.05) is 18.2 Å². The number of carbonyl (C=O) groups is 1. The van der Waals surface area contributed by atoms with Gasteiger partial charge in [-0.15, -0.1) is 11.3 Å². The van der Waals surface area contributed by atoms with Gasteiger partial charge in [0.15, 0.2) is 0 Å². The molecule has 8 heteroatoms. The second kappa shape index (κ2) is 6.25. The summed E-state index contributed by atoms with van der Waals surface area (Å²) in [6, 6.07) is 8.66. The van der Waals surface area contributed by atoms with Crippen LogP contribution in [0, 0.1) is 0 Å². The largest absolute Gasteiger partial charge is 0.421 e. The van der Waals surface area contributed by atoms with Crippen LogP contribution in [0.5, 0.6) is 0 Å². The lowest BCUT2D eigenvalue weighted by Crippen LogP contribution is -2.18. The van der Waals surface area contributed by atoms with E-state index in [-0.39, 0.29) is 11.4 Å². The van der Waals surface area contributed by atoms with Crippen LogP contribution in [0.1, 0.15) is 10.5 Å². The van der Waals surface area contributed by atoms with Gasteiger partial charge in [0.25, 0.3) is 5.91 Å². The van der Waals surface area contributed by atoms with E-state index in [2.05, 4.69) is 20.3 Å². The number of nitrogens with one attached hydrogen (secondary N) is 1. The zero-order valence-electron chi connectivity index (χ0n) is 12.7. The van der Waals surface area contributed by atoms with Crippen LogP contribution in [0.4, 0.5) is 5.69 Å². The Bertz CT molecular complexity index is 1120. The van der Waals surface area contributed by atoms with Gasteiger partial charge >= 0.3 is 5.63 Å². The third-order valence-corrected chi connectivity index (χ3v) is 4.27. The van der Waals surface area contributed by atoms with Gasteiger partial charge in [-0.05, 0) is 12.1 Å². The SMILES string of the molecule is O=C(Nc1cc2ccccc2oc1=O)c1csc(-c2cnccn2)n1. The molecule has 122 valence electrons. The molecule has 3 heterocycles. The van der Waals surface area contributed by atoms with Crippen molar-refractivity contribution in [1.82, 2.24) is 15.0 Å². The molecule has 0 aliphatic carbocycles. The van der Waals surface area contributed by atoms with Crippen molar-refractivity contribution >= 4 is 33.9 Å². The number of fused-ring (bicyclic) bond motifs is 1. The highest BCUT2D eigenvalue weighted by atomic mass is 32.1. The summed E-state index contributed by atoms with van der Waals surface area (Å²) in [4.78, 5) is 36.7. The number of benzene rings is 1. The topological polar surface area (TPSA) is 98.0 Å². The van der Waals surface area contributed by atoms with Gasteiger partial charge in [0.1, 0.15) is 27.7 Å². The average Bonchev–Trinajstić information content (AvgIpc) is 3.13. The first kappa shape index (κ1) is 15.2. The van der Waals surface area contributed by atoms with Gasteiger partial charge in [0.2, 0.25) is 0 Å². The van der Waals surface area contributed by atoms with E-state index in [1.807, 2.05) is 6.07 Å². The van der Waals surface area contributed by atoms with E-state index in [1.165, 1.54) is 11.3 Å². The standard InChI is InChI=1S/C17H10N4O3S/c22-15(13-9-25-16(21-13)12-8-18-5-6-19-12)20-11-7-10-3-1-2-4-14(10)24-17(11)23/h1-9H,(H,20,22). The number of carbonyl (C=O) groups excluding carboxylic acids is 1. The first-order chi connectivity index (χ1) is 12.2. The highest BCUT2D eigenvalue weighted by Crippen LogP contribution is 2.21. The molecule has 4 aromatic rings. The molecule has 0 aliphatic rings. The van der Waals surface area contributed by atoms with Gasteiger partial charge in [-0.25, -0.2) is 9.78 Å². The molecular weight excluding hydrogens is 340 g/mol. The van der Waals surface area contributed by atoms with Crippen molar-refractivity contribution in [2.75, 3.05) is 5.32 Å². The van der Waals surface area contributed by atoms with Crippen LogP contribution < -0.4 is 10.9 Å². The Morgan fingerprint density at radius 2 is 2.08 bits per heavy atom. The van der Waals surface area contributed by atoms with E-state index in [0.717, 1.165) is 5.39 Å². The van der Waals surface area contributed by atoms with E-state index in [4.69, 9.17) is 4.42 Å². The van der Waals surface area contributed by atoms with Crippen molar-refractivity contribution in [3.05, 3.63) is 70.4 Å². The van der Waals surface area contributed by atoms with Gasteiger partial charge in [-0.3, -0.25) is 14.8 Å². The molecule has 0 saturated heterocycles. The molecule has 0 radical (unpaired) electrons. The number of rotatable bonds is 3. The smallest absolute Gasteiger partial charge is 0.360 e. The van der Waals surface area contributed by atoms with E-state index >= 15 is 0 Å². The Labute approximate surface area is 145 Å². The van der Waals surface area contributed by atoms with Crippen molar-refractivity contribution in [2.24, 2.45) is 0 Å². The van der Waals surface area contributed by atoms with Crippen LogP contribution in [0.15, 0.2) is 63.5 Å². The monoisotopic (exact) mass is 350 g/mol. The van der Waals surface area contributed by atoms with Gasteiger partial charge in [-0.2, -0.15) is 0 Å². The van der Waals surface area contributed by atoms with E-state index in [0.29, 0.717) is 16.3 Å². The van der Waals surface area contributed by atoms with Gasteiger partial charge < -0.3 is 9.73 Å². The van der Waals surface area contributed by atoms with Gasteiger partial charge in [0, 0.05) is 23.2 Å². The molecule has 1 aromatic carbocycles. The van der Waals surface area contributed by atoms with Crippen LogP contribution in [0.3, 0.4) is 0 Å². The lowest BCUT2D eigenvalue weighted by molar-refractivity contribution is 0.102. The van der Waals surface area contributed by atoms with Crippen molar-refractivity contribution in [1.29, 1.82) is 0 Å². The number of hydrogen-bond donors (Lipinski definition) is 1. The van der Waals surface area contributed by atoms with E-state index < -0.39 is 11.5 Å². The fourth-order valence-corrected chi connectivity index (χ4v) is 3.00. The number of para-hydroxylation sites is 1. The first-order valence-corrected chi connectivity index (χ1v) is 8.15. The van der Waals surface area contributed by atoms with E-state index in [9.17, 15) is 9.59 Å². The maximum Gasteiger partial charge on any atom is 0.360 e. The van der Waals surface area contributed by atoms with Crippen molar-refractivity contribution < 1.29 is 9.21 Å².